The van der Waals surface area contributed by atoms with Gasteiger partial charge in [-0.2, -0.15) is 0 Å². The van der Waals surface area contributed by atoms with Crippen molar-refractivity contribution in [1.29, 1.82) is 0 Å². The largest absolute Gasteiger partial charge is 0.478 e. The number of amides is 1. The van der Waals surface area contributed by atoms with Crippen molar-refractivity contribution in [3.8, 4) is 0 Å². The summed E-state index contributed by atoms with van der Waals surface area (Å²) in [5, 5.41) is 8.68. The second-order valence-corrected chi connectivity index (χ2v) is 6.47. The number of hydrogen-bond donors (Lipinski definition) is 1. The average molecular weight is 350 g/mol. The van der Waals surface area contributed by atoms with Crippen LogP contribution in [0.2, 0.25) is 0 Å². The first-order chi connectivity index (χ1) is 12.5. The maximum atomic E-state index is 12.4. The van der Waals surface area contributed by atoms with E-state index in [4.69, 9.17) is 5.11 Å². The van der Waals surface area contributed by atoms with Crippen LogP contribution in [-0.4, -0.2) is 35.1 Å². The van der Waals surface area contributed by atoms with Crippen LogP contribution in [0.5, 0.6) is 0 Å². The summed E-state index contributed by atoms with van der Waals surface area (Å²) in [4.78, 5) is 27.0. The summed E-state index contributed by atoms with van der Waals surface area (Å²) in [5.41, 5.74) is 4.05. The Bertz CT molecular complexity index is 827. The molecule has 0 aliphatic carbocycles. The first kappa shape index (κ1) is 17.9. The van der Waals surface area contributed by atoms with Gasteiger partial charge in [0.25, 0.3) is 0 Å². The SMILES string of the molecule is Cc1ccccc1N1CN(Cc2ccc(C=CC(=O)O)cc2)CCC1=O. The fraction of sp³-hybridized carbons (Fsp3) is 0.238. The van der Waals surface area contributed by atoms with Crippen LogP contribution < -0.4 is 4.90 Å². The predicted molar refractivity (Wildman–Crippen MR) is 102 cm³/mol. The van der Waals surface area contributed by atoms with Gasteiger partial charge in [-0.1, -0.05) is 42.5 Å². The zero-order chi connectivity index (χ0) is 18.5. The van der Waals surface area contributed by atoms with E-state index < -0.39 is 5.97 Å². The highest BCUT2D eigenvalue weighted by Gasteiger charge is 2.25. The molecule has 1 saturated heterocycles. The molecule has 5 nitrogen and oxygen atoms in total. The highest BCUT2D eigenvalue weighted by atomic mass is 16.4. The van der Waals surface area contributed by atoms with Crippen molar-refractivity contribution in [2.24, 2.45) is 0 Å². The van der Waals surface area contributed by atoms with E-state index in [2.05, 4.69) is 4.90 Å². The van der Waals surface area contributed by atoms with Crippen LogP contribution in [0, 0.1) is 6.92 Å². The molecule has 5 heteroatoms. The summed E-state index contributed by atoms with van der Waals surface area (Å²) in [6.07, 6.45) is 3.21. The number of para-hydroxylation sites is 1. The maximum absolute atomic E-state index is 12.4. The van der Waals surface area contributed by atoms with Gasteiger partial charge in [-0.3, -0.25) is 14.6 Å². The van der Waals surface area contributed by atoms with Crippen molar-refractivity contribution in [2.75, 3.05) is 18.1 Å². The van der Waals surface area contributed by atoms with E-state index in [9.17, 15) is 9.59 Å². The van der Waals surface area contributed by atoms with Gasteiger partial charge in [-0.05, 0) is 35.8 Å². The third-order valence-corrected chi connectivity index (χ3v) is 4.49. The molecule has 1 heterocycles. The Morgan fingerprint density at radius 1 is 1.15 bits per heavy atom. The van der Waals surface area contributed by atoms with Gasteiger partial charge in [0.1, 0.15) is 0 Å². The van der Waals surface area contributed by atoms with E-state index in [0.717, 1.165) is 41.5 Å². The molecule has 134 valence electrons. The van der Waals surface area contributed by atoms with Crippen LogP contribution in [-0.2, 0) is 16.1 Å². The molecule has 3 rings (SSSR count). The number of aliphatic carboxylic acids is 1. The summed E-state index contributed by atoms with van der Waals surface area (Å²) in [7, 11) is 0. The molecule has 2 aromatic carbocycles. The summed E-state index contributed by atoms with van der Waals surface area (Å²) in [6, 6.07) is 15.7. The Morgan fingerprint density at radius 2 is 1.88 bits per heavy atom. The number of carbonyl (C=O) groups excluding carboxylic acids is 1. The van der Waals surface area contributed by atoms with Crippen LogP contribution in [0.3, 0.4) is 0 Å². The lowest BCUT2D eigenvalue weighted by molar-refractivity contribution is -0.131. The van der Waals surface area contributed by atoms with Crippen molar-refractivity contribution >= 4 is 23.6 Å². The van der Waals surface area contributed by atoms with E-state index in [1.165, 1.54) is 0 Å². The fourth-order valence-corrected chi connectivity index (χ4v) is 3.10. The lowest BCUT2D eigenvalue weighted by Crippen LogP contribution is -2.48. The zero-order valence-electron chi connectivity index (χ0n) is 14.8. The van der Waals surface area contributed by atoms with E-state index in [-0.39, 0.29) is 5.91 Å². The van der Waals surface area contributed by atoms with Crippen molar-refractivity contribution < 1.29 is 14.7 Å². The van der Waals surface area contributed by atoms with E-state index >= 15 is 0 Å². The molecule has 0 radical (unpaired) electrons. The molecular formula is C21H22N2O3. The minimum Gasteiger partial charge on any atom is -0.478 e. The standard InChI is InChI=1S/C21H22N2O3/c1-16-4-2-3-5-19(16)23-15-22(13-12-20(23)24)14-18-8-6-17(7-9-18)10-11-21(25)26/h2-11H,12-15H2,1H3,(H,25,26). The summed E-state index contributed by atoms with van der Waals surface area (Å²) >= 11 is 0. The molecule has 0 bridgehead atoms. The molecule has 1 N–H and O–H groups in total. The Balaban J connectivity index is 1.68. The zero-order valence-corrected chi connectivity index (χ0v) is 14.8. The lowest BCUT2D eigenvalue weighted by atomic mass is 10.1. The number of benzene rings is 2. The van der Waals surface area contributed by atoms with E-state index in [0.29, 0.717) is 13.1 Å². The third-order valence-electron chi connectivity index (χ3n) is 4.49. The average Bonchev–Trinajstić information content (AvgIpc) is 2.63. The number of nitrogens with zero attached hydrogens (tertiary/aromatic N) is 2. The van der Waals surface area contributed by atoms with Crippen molar-refractivity contribution in [2.45, 2.75) is 19.9 Å². The monoisotopic (exact) mass is 350 g/mol. The lowest BCUT2D eigenvalue weighted by Gasteiger charge is -2.36. The summed E-state index contributed by atoms with van der Waals surface area (Å²) in [5.74, 6) is -0.798. The number of carboxylic acid groups (broad SMARTS) is 1. The number of carboxylic acids is 1. The van der Waals surface area contributed by atoms with Gasteiger partial charge >= 0.3 is 5.97 Å². The van der Waals surface area contributed by atoms with Crippen LogP contribution in [0.25, 0.3) is 6.08 Å². The van der Waals surface area contributed by atoms with Crippen LogP contribution in [0.15, 0.2) is 54.6 Å². The van der Waals surface area contributed by atoms with Crippen molar-refractivity contribution in [1.82, 2.24) is 4.90 Å². The van der Waals surface area contributed by atoms with Crippen LogP contribution in [0.4, 0.5) is 5.69 Å². The third kappa shape index (κ3) is 4.37. The highest BCUT2D eigenvalue weighted by Crippen LogP contribution is 2.24. The minimum absolute atomic E-state index is 0.157. The van der Waals surface area contributed by atoms with Gasteiger partial charge in [0.2, 0.25) is 5.91 Å². The highest BCUT2D eigenvalue weighted by molar-refractivity contribution is 5.94. The molecule has 0 spiro atoms. The molecule has 1 aliphatic heterocycles. The smallest absolute Gasteiger partial charge is 0.328 e. The van der Waals surface area contributed by atoms with Gasteiger partial charge in [-0.15, -0.1) is 0 Å². The van der Waals surface area contributed by atoms with Crippen LogP contribution >= 0.6 is 0 Å². The van der Waals surface area contributed by atoms with Crippen molar-refractivity contribution in [3.63, 3.8) is 0 Å². The number of aryl methyl sites for hydroxylation is 1. The second-order valence-electron chi connectivity index (χ2n) is 6.47. The Kier molecular flexibility index (Phi) is 5.49. The summed E-state index contributed by atoms with van der Waals surface area (Å²) < 4.78 is 0. The van der Waals surface area contributed by atoms with Gasteiger partial charge in [0.05, 0.1) is 6.67 Å². The predicted octanol–water partition coefficient (Wildman–Crippen LogP) is 3.29. The minimum atomic E-state index is -0.955. The molecule has 26 heavy (non-hydrogen) atoms. The molecule has 1 aliphatic rings. The summed E-state index contributed by atoms with van der Waals surface area (Å²) in [6.45, 7) is 4.08. The van der Waals surface area contributed by atoms with Gasteiger partial charge in [0, 0.05) is 31.3 Å². The van der Waals surface area contributed by atoms with E-state index in [1.54, 1.807) is 6.08 Å². The second kappa shape index (κ2) is 7.97. The molecule has 1 amide bonds. The number of carbonyl (C=O) groups is 2. The number of anilines is 1. The molecule has 0 saturated carbocycles. The fourth-order valence-electron chi connectivity index (χ4n) is 3.10. The van der Waals surface area contributed by atoms with Gasteiger partial charge < -0.3 is 5.11 Å². The normalized spacial score (nSPS) is 15.6. The topological polar surface area (TPSA) is 60.9 Å². The number of rotatable bonds is 5. The van der Waals surface area contributed by atoms with Crippen molar-refractivity contribution in [3.05, 3.63) is 71.3 Å². The first-order valence-corrected chi connectivity index (χ1v) is 8.61. The Morgan fingerprint density at radius 3 is 2.58 bits per heavy atom. The van der Waals surface area contributed by atoms with E-state index in [1.807, 2.05) is 60.4 Å². The van der Waals surface area contributed by atoms with Gasteiger partial charge in [-0.25, -0.2) is 4.79 Å². The molecule has 0 aromatic heterocycles. The molecule has 0 unspecified atom stereocenters. The maximum Gasteiger partial charge on any atom is 0.328 e. The Labute approximate surface area is 153 Å². The first-order valence-electron chi connectivity index (χ1n) is 8.61. The molecule has 2 aromatic rings. The Hall–Kier alpha value is -2.92. The molecule has 1 fully saturated rings. The molecule has 0 atom stereocenters. The quantitative estimate of drug-likeness (QED) is 0.841. The van der Waals surface area contributed by atoms with Gasteiger partial charge in [0.15, 0.2) is 0 Å². The number of hydrogen-bond acceptors (Lipinski definition) is 3. The molecular weight excluding hydrogens is 328 g/mol. The van der Waals surface area contributed by atoms with Crippen LogP contribution in [0.1, 0.15) is 23.1 Å².